The van der Waals surface area contributed by atoms with Crippen LogP contribution in [0.2, 0.25) is 0 Å². The molecule has 1 rings (SSSR count). The highest BCUT2D eigenvalue weighted by molar-refractivity contribution is 6.15. The highest BCUT2D eigenvalue weighted by Crippen LogP contribution is 2.18. The zero-order valence-electron chi connectivity index (χ0n) is 9.64. The van der Waals surface area contributed by atoms with E-state index in [4.69, 9.17) is 21.2 Å². The van der Waals surface area contributed by atoms with Crippen LogP contribution in [0.4, 0.5) is 0 Å². The topological polar surface area (TPSA) is 112 Å². The number of carbonyl (C=O) groups is 1. The van der Waals surface area contributed by atoms with E-state index in [1.54, 1.807) is 42.3 Å². The van der Waals surface area contributed by atoms with Crippen molar-refractivity contribution in [3.05, 3.63) is 52.6 Å². The number of allylic oxidation sites excluding steroid dienone is 3. The minimum absolute atomic E-state index is 0.225. The van der Waals surface area contributed by atoms with Gasteiger partial charge in [0.05, 0.1) is 5.57 Å². The number of benzene rings is 1. The fourth-order valence-electron chi connectivity index (χ4n) is 1.37. The minimum Gasteiger partial charge on any atom is -0.288 e. The van der Waals surface area contributed by atoms with Crippen LogP contribution in [0.25, 0.3) is 0 Å². The number of Topliss-reactive ketones (excluding diaryl/α,β-unsaturated/α-hetero) is 1. The second kappa shape index (κ2) is 6.33. The summed E-state index contributed by atoms with van der Waals surface area (Å²) in [5.41, 5.74) is -1.12. The Bertz CT molecular complexity index is 701. The van der Waals surface area contributed by atoms with Gasteiger partial charge < -0.3 is 0 Å². The Balaban J connectivity index is 3.55. The monoisotopic (exact) mass is 246 g/mol. The molecule has 0 amide bonds. The summed E-state index contributed by atoms with van der Waals surface area (Å²) in [5, 5.41) is 33.5. The van der Waals surface area contributed by atoms with Crippen LogP contribution in [0.3, 0.4) is 0 Å². The molecule has 0 atom stereocenters. The van der Waals surface area contributed by atoms with Crippen molar-refractivity contribution in [1.29, 1.82) is 21.2 Å². The molecule has 88 valence electrons. The van der Waals surface area contributed by atoms with Gasteiger partial charge in [-0.2, -0.15) is 15.8 Å². The summed E-state index contributed by atoms with van der Waals surface area (Å²) < 4.78 is 0. The molecule has 0 aliphatic heterocycles. The van der Waals surface area contributed by atoms with E-state index >= 15 is 0 Å². The number of hydrogen-bond donors (Lipinski definition) is 1. The summed E-state index contributed by atoms with van der Waals surface area (Å²) in [7, 11) is 0. The second-order valence-electron chi connectivity index (χ2n) is 3.28. The Labute approximate surface area is 109 Å². The fraction of sp³-hybridized carbons (Fsp3) is 0. The smallest absolute Gasteiger partial charge is 0.197 e. The average molecular weight is 246 g/mol. The quantitative estimate of drug-likeness (QED) is 0.288. The Morgan fingerprint density at radius 3 is 2.00 bits per heavy atom. The molecule has 5 nitrogen and oxygen atoms in total. The average Bonchev–Trinajstić information content (AvgIpc) is 2.48. The maximum absolute atomic E-state index is 12.2. The number of hydrogen-bond acceptors (Lipinski definition) is 5. The van der Waals surface area contributed by atoms with Gasteiger partial charge in [0.25, 0.3) is 0 Å². The molecule has 19 heavy (non-hydrogen) atoms. The first-order valence-corrected chi connectivity index (χ1v) is 5.04. The van der Waals surface area contributed by atoms with Crippen LogP contribution in [0.15, 0.2) is 47.1 Å². The lowest BCUT2D eigenvalue weighted by Gasteiger charge is -2.03. The first-order valence-electron chi connectivity index (χ1n) is 5.04. The van der Waals surface area contributed by atoms with Crippen molar-refractivity contribution in [3.63, 3.8) is 0 Å². The van der Waals surface area contributed by atoms with Crippen LogP contribution in [-0.2, 0) is 0 Å². The highest BCUT2D eigenvalue weighted by Gasteiger charge is 2.21. The van der Waals surface area contributed by atoms with Gasteiger partial charge in [-0.05, 0) is 5.87 Å². The molecule has 0 aliphatic carbocycles. The molecule has 1 N–H and O–H groups in total. The summed E-state index contributed by atoms with van der Waals surface area (Å²) in [6, 6.07) is 12.6. The summed E-state index contributed by atoms with van der Waals surface area (Å²) >= 11 is 0. The van der Waals surface area contributed by atoms with Gasteiger partial charge in [0.2, 0.25) is 0 Å². The molecule has 1 aromatic carbocycles. The Morgan fingerprint density at radius 1 is 1.00 bits per heavy atom. The SMILES string of the molecule is N#CC(=C=N)C(C(=O)c1ccccc1)=C(C#N)C#N. The fourth-order valence-corrected chi connectivity index (χ4v) is 1.37. The molecule has 5 heteroatoms. The van der Waals surface area contributed by atoms with Crippen molar-refractivity contribution >= 4 is 11.7 Å². The first kappa shape index (κ1) is 13.6. The third kappa shape index (κ3) is 2.81. The molecule has 0 saturated carbocycles. The van der Waals surface area contributed by atoms with Gasteiger partial charge in [0.15, 0.2) is 5.78 Å². The van der Waals surface area contributed by atoms with Gasteiger partial charge in [0, 0.05) is 5.56 Å². The van der Waals surface area contributed by atoms with Gasteiger partial charge in [-0.1, -0.05) is 30.3 Å². The number of nitrogens with zero attached hydrogens (tertiary/aromatic N) is 3. The molecule has 0 aromatic heterocycles. The lowest BCUT2D eigenvalue weighted by Crippen LogP contribution is -2.08. The standard InChI is InChI=1S/C14H6N4O/c15-6-11(7-16)13(12(8-17)9-18)14(19)10-4-2-1-3-5-10/h1-5,15H. The molecular weight excluding hydrogens is 240 g/mol. The first-order chi connectivity index (χ1) is 9.19. The highest BCUT2D eigenvalue weighted by atomic mass is 16.1. The van der Waals surface area contributed by atoms with Gasteiger partial charge >= 0.3 is 0 Å². The van der Waals surface area contributed by atoms with E-state index in [1.165, 1.54) is 12.1 Å². The third-order valence-corrected chi connectivity index (χ3v) is 2.22. The van der Waals surface area contributed by atoms with Gasteiger partial charge in [-0.3, -0.25) is 10.2 Å². The van der Waals surface area contributed by atoms with E-state index in [9.17, 15) is 4.79 Å². The molecule has 0 bridgehead atoms. The lowest BCUT2D eigenvalue weighted by atomic mass is 9.94. The molecule has 1 aromatic rings. The van der Waals surface area contributed by atoms with E-state index in [0.717, 1.165) is 0 Å². The van der Waals surface area contributed by atoms with Crippen molar-refractivity contribution in [3.8, 4) is 18.2 Å². The predicted molar refractivity (Wildman–Crippen MR) is 65.9 cm³/mol. The molecule has 0 fully saturated rings. The second-order valence-corrected chi connectivity index (χ2v) is 3.28. The van der Waals surface area contributed by atoms with E-state index in [1.807, 2.05) is 0 Å². The number of rotatable bonds is 3. The van der Waals surface area contributed by atoms with Crippen molar-refractivity contribution in [2.45, 2.75) is 0 Å². The van der Waals surface area contributed by atoms with Gasteiger partial charge in [0.1, 0.15) is 29.4 Å². The molecule has 0 aliphatic rings. The molecular formula is C14H6N4O. The molecule has 0 unspecified atom stereocenters. The van der Waals surface area contributed by atoms with Crippen LogP contribution in [0.5, 0.6) is 0 Å². The van der Waals surface area contributed by atoms with E-state index in [0.29, 0.717) is 0 Å². The van der Waals surface area contributed by atoms with Crippen molar-refractivity contribution in [1.82, 2.24) is 0 Å². The van der Waals surface area contributed by atoms with Crippen LogP contribution in [0.1, 0.15) is 10.4 Å². The molecule has 0 radical (unpaired) electrons. The van der Waals surface area contributed by atoms with Gasteiger partial charge in [-0.25, -0.2) is 0 Å². The number of carbonyl (C=O) groups excluding carboxylic acids is 1. The normalized spacial score (nSPS) is 8.05. The summed E-state index contributed by atoms with van der Waals surface area (Å²) in [4.78, 5) is 12.2. The minimum atomic E-state index is -0.657. The van der Waals surface area contributed by atoms with Crippen LogP contribution in [0, 0.1) is 39.4 Å². The molecule has 0 saturated heterocycles. The van der Waals surface area contributed by atoms with Crippen LogP contribution in [-0.4, -0.2) is 11.7 Å². The maximum atomic E-state index is 12.2. The van der Waals surface area contributed by atoms with Crippen LogP contribution >= 0.6 is 0 Å². The van der Waals surface area contributed by atoms with Crippen molar-refractivity contribution in [2.75, 3.05) is 0 Å². The zero-order chi connectivity index (χ0) is 14.3. The molecule has 0 spiro atoms. The van der Waals surface area contributed by atoms with E-state index in [2.05, 4.69) is 0 Å². The largest absolute Gasteiger partial charge is 0.288 e. The van der Waals surface area contributed by atoms with E-state index < -0.39 is 22.5 Å². The summed E-state index contributed by atoms with van der Waals surface area (Å²) in [5.74, 6) is 1.12. The third-order valence-electron chi connectivity index (χ3n) is 2.22. The summed E-state index contributed by atoms with van der Waals surface area (Å²) in [6.45, 7) is 0. The van der Waals surface area contributed by atoms with Crippen molar-refractivity contribution in [2.24, 2.45) is 0 Å². The van der Waals surface area contributed by atoms with Gasteiger partial charge in [-0.15, -0.1) is 0 Å². The Morgan fingerprint density at radius 2 is 1.58 bits per heavy atom. The predicted octanol–water partition coefficient (Wildman–Crippen LogP) is 1.91. The summed E-state index contributed by atoms with van der Waals surface area (Å²) in [6.07, 6.45) is 0. The Hall–Kier alpha value is -3.45. The number of ketones is 1. The lowest BCUT2D eigenvalue weighted by molar-refractivity contribution is 0.103. The van der Waals surface area contributed by atoms with E-state index in [-0.39, 0.29) is 5.56 Å². The number of nitrogens with one attached hydrogen (secondary N) is 1. The Kier molecular flexibility index (Phi) is 4.53. The molecule has 0 heterocycles. The zero-order valence-corrected chi connectivity index (χ0v) is 9.64. The van der Waals surface area contributed by atoms with Crippen molar-refractivity contribution < 1.29 is 4.79 Å². The number of nitriles is 3. The van der Waals surface area contributed by atoms with Crippen LogP contribution < -0.4 is 0 Å². The maximum Gasteiger partial charge on any atom is 0.197 e.